The Morgan fingerprint density at radius 2 is 1.23 bits per heavy atom. The molecule has 0 unspecified atom stereocenters. The zero-order chi connectivity index (χ0) is 15.9. The van der Waals surface area contributed by atoms with E-state index in [4.69, 9.17) is 9.47 Å². The van der Waals surface area contributed by atoms with Gasteiger partial charge in [-0.1, -0.05) is 90.4 Å². The molecule has 0 aliphatic carbocycles. The summed E-state index contributed by atoms with van der Waals surface area (Å²) < 4.78 is 9.79. The van der Waals surface area contributed by atoms with Gasteiger partial charge in [0, 0.05) is 0 Å². The molecule has 1 fully saturated rings. The van der Waals surface area contributed by atoms with Crippen LogP contribution >= 0.6 is 0 Å². The molecule has 0 bridgehead atoms. The van der Waals surface area contributed by atoms with Gasteiger partial charge < -0.3 is 9.47 Å². The van der Waals surface area contributed by atoms with Crippen molar-refractivity contribution in [3.8, 4) is 0 Å². The van der Waals surface area contributed by atoms with E-state index in [-0.39, 0.29) is 6.10 Å². The topological polar surface area (TPSA) is 35.5 Å². The van der Waals surface area contributed by atoms with Gasteiger partial charge in [0.25, 0.3) is 0 Å². The Kier molecular flexibility index (Phi) is 12.2. The number of carbonyl (C=O) groups excluding carboxylic acids is 1. The molecule has 1 aliphatic heterocycles. The minimum Gasteiger partial charge on any atom is -0.430 e. The summed E-state index contributed by atoms with van der Waals surface area (Å²) in [5, 5.41) is 0. The second kappa shape index (κ2) is 13.9. The van der Waals surface area contributed by atoms with Gasteiger partial charge in [0.1, 0.15) is 12.7 Å². The van der Waals surface area contributed by atoms with Crippen molar-refractivity contribution >= 4 is 6.16 Å². The molecule has 0 aromatic carbocycles. The van der Waals surface area contributed by atoms with Crippen molar-refractivity contribution in [2.45, 2.75) is 109 Å². The van der Waals surface area contributed by atoms with E-state index in [1.54, 1.807) is 0 Å². The third-order valence-corrected chi connectivity index (χ3v) is 4.53. The summed E-state index contributed by atoms with van der Waals surface area (Å²) in [6.45, 7) is 2.73. The van der Waals surface area contributed by atoms with Gasteiger partial charge in [0.05, 0.1) is 0 Å². The van der Waals surface area contributed by atoms with Gasteiger partial charge in [-0.25, -0.2) is 4.79 Å². The second-order valence-electron chi connectivity index (χ2n) is 6.69. The summed E-state index contributed by atoms with van der Waals surface area (Å²) in [7, 11) is 0. The van der Waals surface area contributed by atoms with E-state index in [0.717, 1.165) is 12.8 Å². The first-order valence-corrected chi connectivity index (χ1v) is 9.66. The van der Waals surface area contributed by atoms with E-state index in [2.05, 4.69) is 6.92 Å². The number of cyclic esters (lactones) is 2. The fourth-order valence-corrected chi connectivity index (χ4v) is 3.07. The number of carbonyl (C=O) groups is 1. The highest BCUT2D eigenvalue weighted by atomic mass is 16.8. The molecule has 0 amide bonds. The lowest BCUT2D eigenvalue weighted by molar-refractivity contribution is 0.115. The summed E-state index contributed by atoms with van der Waals surface area (Å²) >= 11 is 0. The highest BCUT2D eigenvalue weighted by Gasteiger charge is 2.23. The van der Waals surface area contributed by atoms with E-state index in [0.29, 0.717) is 6.61 Å². The molecule has 1 heterocycles. The van der Waals surface area contributed by atoms with Crippen molar-refractivity contribution in [3.63, 3.8) is 0 Å². The van der Waals surface area contributed by atoms with Gasteiger partial charge in [-0.15, -0.1) is 0 Å². The van der Waals surface area contributed by atoms with Crippen LogP contribution in [0.3, 0.4) is 0 Å². The molecular formula is C19H36O3. The highest BCUT2D eigenvalue weighted by molar-refractivity contribution is 5.61. The Morgan fingerprint density at radius 3 is 1.64 bits per heavy atom. The first-order valence-electron chi connectivity index (χ1n) is 9.66. The maximum absolute atomic E-state index is 10.8. The predicted octanol–water partition coefficient (Wildman–Crippen LogP) is 6.39. The van der Waals surface area contributed by atoms with Gasteiger partial charge in [-0.3, -0.25) is 0 Å². The monoisotopic (exact) mass is 312 g/mol. The largest absolute Gasteiger partial charge is 0.508 e. The molecule has 1 rings (SSSR count). The second-order valence-corrected chi connectivity index (χ2v) is 6.69. The maximum Gasteiger partial charge on any atom is 0.508 e. The summed E-state index contributed by atoms with van der Waals surface area (Å²) in [5.74, 6) is 0. The molecule has 1 atom stereocenters. The Bertz CT molecular complexity index is 265. The summed E-state index contributed by atoms with van der Waals surface area (Å²) in [6, 6.07) is 0. The molecule has 0 aromatic heterocycles. The van der Waals surface area contributed by atoms with Crippen LogP contribution in [0.25, 0.3) is 0 Å². The third kappa shape index (κ3) is 10.9. The quantitative estimate of drug-likeness (QED) is 0.259. The summed E-state index contributed by atoms with van der Waals surface area (Å²) in [4.78, 5) is 10.8. The zero-order valence-electron chi connectivity index (χ0n) is 14.6. The number of rotatable bonds is 15. The molecule has 3 heteroatoms. The smallest absolute Gasteiger partial charge is 0.430 e. The normalized spacial score (nSPS) is 17.5. The third-order valence-electron chi connectivity index (χ3n) is 4.53. The maximum atomic E-state index is 10.8. The van der Waals surface area contributed by atoms with Gasteiger partial charge >= 0.3 is 6.16 Å². The van der Waals surface area contributed by atoms with Crippen LogP contribution in [0.1, 0.15) is 103 Å². The van der Waals surface area contributed by atoms with Crippen molar-refractivity contribution in [2.24, 2.45) is 0 Å². The Morgan fingerprint density at radius 1 is 0.773 bits per heavy atom. The van der Waals surface area contributed by atoms with Crippen molar-refractivity contribution in [3.05, 3.63) is 0 Å². The molecule has 22 heavy (non-hydrogen) atoms. The first kappa shape index (κ1) is 19.3. The summed E-state index contributed by atoms with van der Waals surface area (Å²) in [5.41, 5.74) is 0. The number of hydrogen-bond acceptors (Lipinski definition) is 3. The Labute approximate surface area is 137 Å². The molecule has 1 saturated heterocycles. The van der Waals surface area contributed by atoms with Crippen molar-refractivity contribution in [1.82, 2.24) is 0 Å². The van der Waals surface area contributed by atoms with Gasteiger partial charge in [-0.2, -0.15) is 0 Å². The number of unbranched alkanes of at least 4 members (excludes halogenated alkanes) is 13. The molecule has 130 valence electrons. The van der Waals surface area contributed by atoms with Crippen LogP contribution in [0.15, 0.2) is 0 Å². The lowest BCUT2D eigenvalue weighted by Crippen LogP contribution is -2.09. The lowest BCUT2D eigenvalue weighted by atomic mass is 10.0. The average Bonchev–Trinajstić information content (AvgIpc) is 2.93. The predicted molar refractivity (Wildman–Crippen MR) is 91.2 cm³/mol. The van der Waals surface area contributed by atoms with Gasteiger partial charge in [0.15, 0.2) is 0 Å². The molecule has 0 spiro atoms. The standard InChI is InChI=1S/C19H36O3/c1-2-3-4-5-6-7-8-9-10-11-12-13-14-15-16-18-17-21-19(20)22-18/h18H,2-17H2,1H3/t18-/m1/s1. The highest BCUT2D eigenvalue weighted by Crippen LogP contribution is 2.16. The molecule has 0 N–H and O–H groups in total. The van der Waals surface area contributed by atoms with E-state index in [1.165, 1.54) is 83.5 Å². The van der Waals surface area contributed by atoms with Crippen LogP contribution in [0, 0.1) is 0 Å². The fourth-order valence-electron chi connectivity index (χ4n) is 3.07. The van der Waals surface area contributed by atoms with E-state index >= 15 is 0 Å². The molecular weight excluding hydrogens is 276 g/mol. The Hall–Kier alpha value is -0.730. The zero-order valence-corrected chi connectivity index (χ0v) is 14.6. The van der Waals surface area contributed by atoms with Crippen molar-refractivity contribution in [2.75, 3.05) is 6.61 Å². The fraction of sp³-hybridized carbons (Fsp3) is 0.947. The Balaban J connectivity index is 1.69. The van der Waals surface area contributed by atoms with Crippen molar-refractivity contribution in [1.29, 1.82) is 0 Å². The minimum atomic E-state index is -0.490. The lowest BCUT2D eigenvalue weighted by Gasteiger charge is -2.06. The number of ether oxygens (including phenoxy) is 2. The van der Waals surface area contributed by atoms with Crippen LogP contribution < -0.4 is 0 Å². The molecule has 0 aromatic rings. The van der Waals surface area contributed by atoms with Crippen LogP contribution in [0.5, 0.6) is 0 Å². The van der Waals surface area contributed by atoms with Crippen LogP contribution in [0.2, 0.25) is 0 Å². The van der Waals surface area contributed by atoms with E-state index < -0.39 is 6.16 Å². The van der Waals surface area contributed by atoms with E-state index in [1.807, 2.05) is 0 Å². The summed E-state index contributed by atoms with van der Waals surface area (Å²) in [6.07, 6.45) is 19.7. The van der Waals surface area contributed by atoms with Gasteiger partial charge in [-0.05, 0) is 12.8 Å². The van der Waals surface area contributed by atoms with Crippen molar-refractivity contribution < 1.29 is 14.3 Å². The first-order chi connectivity index (χ1) is 10.8. The van der Waals surface area contributed by atoms with Gasteiger partial charge in [0.2, 0.25) is 0 Å². The van der Waals surface area contributed by atoms with Crippen LogP contribution in [-0.2, 0) is 9.47 Å². The van der Waals surface area contributed by atoms with Crippen LogP contribution in [0.4, 0.5) is 4.79 Å². The minimum absolute atomic E-state index is 0.0184. The molecule has 0 radical (unpaired) electrons. The average molecular weight is 312 g/mol. The molecule has 1 aliphatic rings. The SMILES string of the molecule is CCCCCCCCCCCCCCCC[C@@H]1COC(=O)O1. The van der Waals surface area contributed by atoms with Crippen LogP contribution in [-0.4, -0.2) is 18.9 Å². The number of hydrogen-bond donors (Lipinski definition) is 0. The molecule has 3 nitrogen and oxygen atoms in total. The molecule has 0 saturated carbocycles. The van der Waals surface area contributed by atoms with E-state index in [9.17, 15) is 4.79 Å².